The van der Waals surface area contributed by atoms with Crippen LogP contribution in [0, 0.1) is 11.3 Å². The van der Waals surface area contributed by atoms with Crippen molar-refractivity contribution in [2.24, 2.45) is 11.7 Å². The molecule has 11 nitrogen and oxygen atoms in total. The van der Waals surface area contributed by atoms with E-state index in [0.29, 0.717) is 35.5 Å². The third kappa shape index (κ3) is 6.14. The third-order valence-corrected chi connectivity index (χ3v) is 6.90. The van der Waals surface area contributed by atoms with E-state index in [0.717, 1.165) is 0 Å². The Morgan fingerprint density at radius 1 is 1.15 bits per heavy atom. The first-order valence-corrected chi connectivity index (χ1v) is 12.8. The summed E-state index contributed by atoms with van der Waals surface area (Å²) in [4.78, 5) is 65.4. The minimum Gasteiger partial charge on any atom is -0.464 e. The van der Waals surface area contributed by atoms with Gasteiger partial charge >= 0.3 is 5.97 Å². The number of amidine groups is 1. The van der Waals surface area contributed by atoms with E-state index in [9.17, 15) is 24.0 Å². The highest BCUT2D eigenvalue weighted by atomic mass is 16.5. The molecule has 11 heteroatoms. The lowest BCUT2D eigenvalue weighted by atomic mass is 9.97. The van der Waals surface area contributed by atoms with Crippen LogP contribution in [-0.4, -0.2) is 60.4 Å². The molecule has 0 saturated carbocycles. The summed E-state index contributed by atoms with van der Waals surface area (Å²) in [7, 11) is 0. The number of fused-ring (bicyclic) bond motifs is 1. The quantitative estimate of drug-likeness (QED) is 0.146. The number of hydrogen-bond donors (Lipinski definition) is 4. The Morgan fingerprint density at radius 2 is 1.87 bits per heavy atom. The number of hydrogen-bond acceptors (Lipinski definition) is 8. The highest BCUT2D eigenvalue weighted by Gasteiger charge is 2.38. The van der Waals surface area contributed by atoms with E-state index in [1.54, 1.807) is 60.4 Å². The third-order valence-electron chi connectivity index (χ3n) is 6.90. The van der Waals surface area contributed by atoms with Crippen LogP contribution in [0.15, 0.2) is 48.5 Å². The fourth-order valence-electron chi connectivity index (χ4n) is 4.82. The predicted octanol–water partition coefficient (Wildman–Crippen LogP) is 1.79. The van der Waals surface area contributed by atoms with Crippen molar-refractivity contribution in [3.05, 3.63) is 59.7 Å². The van der Waals surface area contributed by atoms with Crippen LogP contribution in [0.4, 0.5) is 11.4 Å². The van der Waals surface area contributed by atoms with Gasteiger partial charge in [-0.1, -0.05) is 12.1 Å². The van der Waals surface area contributed by atoms with Crippen molar-refractivity contribution >= 4 is 46.6 Å². The van der Waals surface area contributed by atoms with Crippen LogP contribution < -0.4 is 21.3 Å². The van der Waals surface area contributed by atoms with Gasteiger partial charge in [-0.2, -0.15) is 0 Å². The lowest BCUT2D eigenvalue weighted by Crippen LogP contribution is -2.49. The molecule has 0 bridgehead atoms. The number of carbonyl (C=O) groups is 5. The normalized spacial score (nSPS) is 18.7. The van der Waals surface area contributed by atoms with E-state index in [4.69, 9.17) is 15.9 Å². The summed E-state index contributed by atoms with van der Waals surface area (Å²) in [5.74, 6) is -2.71. The largest absolute Gasteiger partial charge is 0.464 e. The van der Waals surface area contributed by atoms with Crippen LogP contribution in [0.2, 0.25) is 0 Å². The lowest BCUT2D eigenvalue weighted by Gasteiger charge is -2.19. The van der Waals surface area contributed by atoms with E-state index < -0.39 is 35.7 Å². The van der Waals surface area contributed by atoms with Gasteiger partial charge in [-0.25, -0.2) is 4.79 Å². The molecule has 4 rings (SSSR count). The van der Waals surface area contributed by atoms with Gasteiger partial charge in [-0.05, 0) is 56.2 Å². The molecule has 2 amide bonds. The Kier molecular flexibility index (Phi) is 8.38. The zero-order chi connectivity index (χ0) is 28.1. The summed E-state index contributed by atoms with van der Waals surface area (Å²) in [6.07, 6.45) is 0.455. The van der Waals surface area contributed by atoms with Gasteiger partial charge in [0.25, 0.3) is 5.91 Å². The Hall–Kier alpha value is -4.54. The van der Waals surface area contributed by atoms with Gasteiger partial charge in [-0.15, -0.1) is 0 Å². The van der Waals surface area contributed by atoms with E-state index in [1.165, 1.54) is 0 Å². The zero-order valence-corrected chi connectivity index (χ0v) is 21.6. The molecule has 2 unspecified atom stereocenters. The Balaban J connectivity index is 1.32. The Labute approximate surface area is 225 Å². The fourth-order valence-corrected chi connectivity index (χ4v) is 4.82. The van der Waals surface area contributed by atoms with Crippen LogP contribution in [0.1, 0.15) is 48.5 Å². The van der Waals surface area contributed by atoms with Crippen LogP contribution in [0.3, 0.4) is 0 Å². The first kappa shape index (κ1) is 27.5. The number of carbonyl (C=O) groups excluding carboxylic acids is 5. The molecule has 0 spiro atoms. The number of nitrogens with zero attached hydrogens (tertiary/aromatic N) is 1. The molecular weight excluding hydrogens is 502 g/mol. The average Bonchev–Trinajstić information content (AvgIpc) is 3.46. The van der Waals surface area contributed by atoms with Crippen LogP contribution in [-0.2, 0) is 23.9 Å². The molecule has 39 heavy (non-hydrogen) atoms. The monoisotopic (exact) mass is 533 g/mol. The van der Waals surface area contributed by atoms with Gasteiger partial charge in [0.05, 0.1) is 6.61 Å². The minimum atomic E-state index is -1.18. The molecule has 204 valence electrons. The number of esters is 1. The van der Waals surface area contributed by atoms with E-state index in [1.807, 2.05) is 0 Å². The number of ketones is 2. The number of para-hydroxylation sites is 1. The second-order valence-corrected chi connectivity index (χ2v) is 9.52. The van der Waals surface area contributed by atoms with E-state index >= 15 is 0 Å². The molecule has 2 aromatic rings. The van der Waals surface area contributed by atoms with Crippen molar-refractivity contribution in [3.63, 3.8) is 0 Å². The Morgan fingerprint density at radius 3 is 2.54 bits per heavy atom. The highest BCUT2D eigenvalue weighted by Crippen LogP contribution is 2.28. The first-order valence-electron chi connectivity index (χ1n) is 12.8. The van der Waals surface area contributed by atoms with Crippen LogP contribution in [0.5, 0.6) is 0 Å². The summed E-state index contributed by atoms with van der Waals surface area (Å²) in [5, 5.41) is 12.9. The van der Waals surface area contributed by atoms with Gasteiger partial charge in [0.1, 0.15) is 17.7 Å². The number of nitrogens with two attached hydrogens (primary N) is 1. The van der Waals surface area contributed by atoms with Crippen LogP contribution >= 0.6 is 0 Å². The topological polar surface area (TPSA) is 172 Å². The van der Waals surface area contributed by atoms with Crippen molar-refractivity contribution in [2.75, 3.05) is 23.4 Å². The summed E-state index contributed by atoms with van der Waals surface area (Å²) >= 11 is 0. The van der Waals surface area contributed by atoms with Crippen LogP contribution in [0.25, 0.3) is 0 Å². The number of anilines is 2. The molecule has 2 aliphatic rings. The maximum atomic E-state index is 12.9. The maximum absolute atomic E-state index is 12.9. The molecule has 0 radical (unpaired) electrons. The van der Waals surface area contributed by atoms with Gasteiger partial charge < -0.3 is 26.0 Å². The second-order valence-electron chi connectivity index (χ2n) is 9.52. The zero-order valence-electron chi connectivity index (χ0n) is 21.6. The number of nitrogens with one attached hydrogen (secondary N) is 3. The fraction of sp³-hybridized carbons (Fsp3) is 0.357. The molecule has 3 atom stereocenters. The molecule has 0 aliphatic carbocycles. The number of benzene rings is 2. The van der Waals surface area contributed by atoms with E-state index in [2.05, 4.69) is 10.6 Å². The molecule has 2 aliphatic heterocycles. The molecular formula is C28H31N5O6. The first-order chi connectivity index (χ1) is 18.7. The highest BCUT2D eigenvalue weighted by molar-refractivity contribution is 6.21. The predicted molar refractivity (Wildman–Crippen MR) is 144 cm³/mol. The van der Waals surface area contributed by atoms with Crippen molar-refractivity contribution in [3.8, 4) is 0 Å². The summed E-state index contributed by atoms with van der Waals surface area (Å²) in [6.45, 7) is 2.18. The van der Waals surface area contributed by atoms with Crippen molar-refractivity contribution in [1.82, 2.24) is 5.32 Å². The molecule has 1 saturated heterocycles. The number of amides is 2. The molecule has 0 aromatic heterocycles. The number of ether oxygens (including phenoxy) is 1. The van der Waals surface area contributed by atoms with Crippen molar-refractivity contribution < 1.29 is 28.7 Å². The Bertz CT molecular complexity index is 1310. The number of nitrogen functional groups attached to an aromatic ring is 1. The molecule has 2 aromatic carbocycles. The molecule has 1 fully saturated rings. The molecule has 5 N–H and O–H groups in total. The van der Waals surface area contributed by atoms with Gasteiger partial charge in [0.2, 0.25) is 5.91 Å². The molecule has 2 heterocycles. The average molecular weight is 534 g/mol. The second kappa shape index (κ2) is 11.9. The summed E-state index contributed by atoms with van der Waals surface area (Å²) in [5.41, 5.74) is 7.64. The SMILES string of the molecule is CCOC(=O)[C@H](CCC(=O)CC1CCN(c2ccc(C(=N)N)cc2)C1=O)NC(=O)C1Nc2ccccc2C1=O. The van der Waals surface area contributed by atoms with Crippen molar-refractivity contribution in [1.29, 1.82) is 5.41 Å². The van der Waals surface area contributed by atoms with Gasteiger partial charge in [-0.3, -0.25) is 24.6 Å². The minimum absolute atomic E-state index is 0.0162. The number of rotatable bonds is 11. The standard InChI is InChI=1S/C28H31N5O6/c1-2-39-28(38)22(32-26(36)23-24(35)20-5-3-4-6-21(20)31-23)12-11-19(34)15-17-13-14-33(27(17)37)18-9-7-16(8-10-18)25(29)30/h3-10,17,22-23,31H,2,11-15H2,1H3,(H3,29,30)(H,32,36)/t17?,22-,23?/m0/s1. The maximum Gasteiger partial charge on any atom is 0.328 e. The van der Waals surface area contributed by atoms with Crippen molar-refractivity contribution in [2.45, 2.75) is 44.7 Å². The van der Waals surface area contributed by atoms with E-state index in [-0.39, 0.29) is 43.4 Å². The lowest BCUT2D eigenvalue weighted by molar-refractivity contribution is -0.147. The number of Topliss-reactive ketones (excluding diaryl/α,β-unsaturated/α-hetero) is 2. The smallest absolute Gasteiger partial charge is 0.328 e. The summed E-state index contributed by atoms with van der Waals surface area (Å²) in [6, 6.07) is 11.2. The van der Waals surface area contributed by atoms with Gasteiger partial charge in [0.15, 0.2) is 11.8 Å². The summed E-state index contributed by atoms with van der Waals surface area (Å²) < 4.78 is 5.07. The van der Waals surface area contributed by atoms with Gasteiger partial charge in [0, 0.05) is 47.8 Å².